The molecule has 6 aliphatic rings. The van der Waals surface area contributed by atoms with E-state index in [1.165, 1.54) is 32.9 Å². The van der Waals surface area contributed by atoms with E-state index in [4.69, 9.17) is 14.2 Å². The molecule has 2 aromatic rings. The highest BCUT2D eigenvalue weighted by Gasteiger charge is 2.80. The number of alkyl halides is 2. The van der Waals surface area contributed by atoms with Gasteiger partial charge in [0.05, 0.1) is 12.2 Å². The number of nitrogens with zero attached hydrogens (tertiary/aromatic N) is 1. The number of rotatable bonds is 13. The molecule has 4 fully saturated rings. The molecule has 16 nitrogen and oxygen atoms in total. The van der Waals surface area contributed by atoms with Crippen molar-refractivity contribution in [3.05, 3.63) is 90.0 Å². The summed E-state index contributed by atoms with van der Waals surface area (Å²) in [5.41, 5.74) is -6.23. The van der Waals surface area contributed by atoms with E-state index < -0.39 is 118 Å². The Labute approximate surface area is 372 Å². The molecule has 5 amide bonds. The molecule has 4 aliphatic carbocycles. The molecule has 65 heavy (non-hydrogen) atoms. The third-order valence-electron chi connectivity index (χ3n) is 14.4. The van der Waals surface area contributed by atoms with Crippen LogP contribution in [-0.4, -0.2) is 111 Å². The Bertz CT molecular complexity index is 2430. The molecule has 344 valence electrons. The zero-order valence-corrected chi connectivity index (χ0v) is 36.0. The van der Waals surface area contributed by atoms with Gasteiger partial charge in [-0.15, -0.1) is 0 Å². The molecule has 0 aromatic heterocycles. The number of amides is 5. The molecule has 0 unspecified atom stereocenters. The SMILES string of the molecule is C[C@@H](NC(=O)CCN1C(=O)C=CC1=O)C(=O)N[C@H](C)C(=O)Nc1cccc(Oc2ccc([C@H]3O[C@H]4C[C@@H]5[C@H]6C[C@@H](F)C7=CC(=O)C=C[C@@]7(C)[C@]6(F)[C@H](O)C[C@@]5(C)[C@@]4(C(=O)CO)O3)cc2)c1. The Morgan fingerprint density at radius 1 is 0.923 bits per heavy atom. The molecule has 2 aliphatic heterocycles. The minimum absolute atomic E-state index is 0.0133. The minimum Gasteiger partial charge on any atom is -0.457 e. The minimum atomic E-state index is -2.37. The summed E-state index contributed by atoms with van der Waals surface area (Å²) in [5.74, 6) is -5.01. The zero-order chi connectivity index (χ0) is 46.8. The van der Waals surface area contributed by atoms with Crippen LogP contribution in [0.3, 0.4) is 0 Å². The number of aliphatic hydroxyl groups is 2. The van der Waals surface area contributed by atoms with Gasteiger partial charge in [-0.25, -0.2) is 8.78 Å². The van der Waals surface area contributed by atoms with E-state index in [-0.39, 0.29) is 37.8 Å². The number of ketones is 2. The van der Waals surface area contributed by atoms with Crippen LogP contribution < -0.4 is 20.7 Å². The van der Waals surface area contributed by atoms with E-state index in [0.717, 1.165) is 23.1 Å². The van der Waals surface area contributed by atoms with E-state index >= 15 is 8.78 Å². The van der Waals surface area contributed by atoms with Gasteiger partial charge in [-0.3, -0.25) is 38.5 Å². The van der Waals surface area contributed by atoms with Crippen molar-refractivity contribution >= 4 is 46.8 Å². The van der Waals surface area contributed by atoms with E-state index in [1.54, 1.807) is 55.5 Å². The number of fused-ring (bicyclic) bond motifs is 7. The van der Waals surface area contributed by atoms with Crippen LogP contribution in [-0.2, 0) is 43.0 Å². The van der Waals surface area contributed by atoms with Crippen LogP contribution in [0.4, 0.5) is 14.5 Å². The number of allylic oxidation sites excluding steroid dienone is 4. The quantitative estimate of drug-likeness (QED) is 0.183. The van der Waals surface area contributed by atoms with E-state index in [0.29, 0.717) is 22.7 Å². The summed E-state index contributed by atoms with van der Waals surface area (Å²) in [6.07, 6.45) is -0.225. The number of carbonyl (C=O) groups is 7. The van der Waals surface area contributed by atoms with Gasteiger partial charge in [0.2, 0.25) is 17.7 Å². The Kier molecular flexibility index (Phi) is 11.8. The molecule has 2 heterocycles. The number of hydrogen-bond donors (Lipinski definition) is 5. The normalized spacial score (nSPS) is 34.1. The number of halogens is 2. The van der Waals surface area contributed by atoms with Gasteiger partial charge in [0.15, 0.2) is 29.1 Å². The lowest BCUT2D eigenvalue weighted by Crippen LogP contribution is -2.70. The van der Waals surface area contributed by atoms with Crippen molar-refractivity contribution in [3.8, 4) is 11.5 Å². The number of ether oxygens (including phenoxy) is 3. The van der Waals surface area contributed by atoms with Crippen molar-refractivity contribution in [3.63, 3.8) is 0 Å². The second-order valence-electron chi connectivity index (χ2n) is 18.1. The maximum absolute atomic E-state index is 17.7. The summed E-state index contributed by atoms with van der Waals surface area (Å²) >= 11 is 0. The lowest BCUT2D eigenvalue weighted by atomic mass is 9.44. The van der Waals surface area contributed by atoms with Crippen molar-refractivity contribution in [2.75, 3.05) is 18.5 Å². The summed E-state index contributed by atoms with van der Waals surface area (Å²) in [4.78, 5) is 88.6. The van der Waals surface area contributed by atoms with Crippen LogP contribution in [0.2, 0.25) is 0 Å². The second-order valence-corrected chi connectivity index (χ2v) is 18.1. The first-order valence-electron chi connectivity index (χ1n) is 21.5. The van der Waals surface area contributed by atoms with E-state index in [2.05, 4.69) is 16.0 Å². The lowest BCUT2D eigenvalue weighted by molar-refractivity contribution is -0.235. The standard InChI is InChI=1S/C47H50F2N4O12/c1-24(50-38(58)15-17-53-39(59)12-13-40(53)60)41(61)51-25(2)42(62)52-27-6-5-7-30(18-27)63-29-10-8-26(9-11-29)43-64-37-21-31-32-20-34(48)33-19-28(55)14-16-44(33,3)46(32,49)35(56)22-45(31,4)47(37,65-43)36(57)23-54/h5-14,16,18-19,24-25,31-32,34-35,37,43,54,56H,15,17,20-23H2,1-4H3,(H,50,58)(H,51,61)(H,52,62)/t24-,25-,31-,32-,34-,35-,37+,43+,44-,45-,46-,47+/m1/s1. The molecular weight excluding hydrogens is 851 g/mol. The number of benzene rings is 2. The molecule has 3 saturated carbocycles. The highest BCUT2D eigenvalue weighted by Crippen LogP contribution is 2.72. The first-order chi connectivity index (χ1) is 30.7. The molecule has 0 bridgehead atoms. The summed E-state index contributed by atoms with van der Waals surface area (Å²) in [6, 6.07) is 11.0. The zero-order valence-electron chi connectivity index (χ0n) is 36.0. The fourth-order valence-electron chi connectivity index (χ4n) is 11.1. The summed E-state index contributed by atoms with van der Waals surface area (Å²) in [7, 11) is 0. The van der Waals surface area contributed by atoms with Crippen molar-refractivity contribution in [2.45, 2.75) is 101 Å². The van der Waals surface area contributed by atoms with E-state index in [1.807, 2.05) is 0 Å². The summed E-state index contributed by atoms with van der Waals surface area (Å²) in [6.45, 7) is 5.04. The van der Waals surface area contributed by atoms with Gasteiger partial charge in [0.1, 0.15) is 36.4 Å². The number of imide groups is 1. The maximum Gasteiger partial charge on any atom is 0.253 e. The number of carbonyl (C=O) groups excluding carboxylic acids is 7. The predicted octanol–water partition coefficient (Wildman–Crippen LogP) is 3.38. The van der Waals surface area contributed by atoms with Crippen LogP contribution in [0.5, 0.6) is 11.5 Å². The molecule has 18 heteroatoms. The third-order valence-corrected chi connectivity index (χ3v) is 14.4. The molecule has 0 radical (unpaired) electrons. The third kappa shape index (κ3) is 7.49. The largest absolute Gasteiger partial charge is 0.457 e. The topological polar surface area (TPSA) is 227 Å². The molecule has 12 atom stereocenters. The van der Waals surface area contributed by atoms with Gasteiger partial charge in [0.25, 0.3) is 11.8 Å². The fourth-order valence-corrected chi connectivity index (χ4v) is 11.1. The molecule has 0 spiro atoms. The van der Waals surface area contributed by atoms with Crippen molar-refractivity contribution in [1.29, 1.82) is 0 Å². The first-order valence-corrected chi connectivity index (χ1v) is 21.5. The predicted molar refractivity (Wildman–Crippen MR) is 225 cm³/mol. The number of nitrogens with one attached hydrogen (secondary N) is 3. The van der Waals surface area contributed by atoms with Gasteiger partial charge in [-0.05, 0) is 87.9 Å². The van der Waals surface area contributed by atoms with Crippen molar-refractivity contribution < 1.29 is 66.8 Å². The van der Waals surface area contributed by atoms with E-state index in [9.17, 15) is 43.8 Å². The Balaban J connectivity index is 0.887. The Hall–Kier alpha value is -5.95. The van der Waals surface area contributed by atoms with Gasteiger partial charge < -0.3 is 40.4 Å². The number of aliphatic hydroxyl groups excluding tert-OH is 2. The van der Waals surface area contributed by atoms with Crippen LogP contribution in [0.25, 0.3) is 0 Å². The molecule has 5 N–H and O–H groups in total. The van der Waals surface area contributed by atoms with Crippen LogP contribution in [0.15, 0.2) is 84.5 Å². The molecule has 1 saturated heterocycles. The summed E-state index contributed by atoms with van der Waals surface area (Å²) in [5, 5.41) is 29.8. The lowest BCUT2D eigenvalue weighted by Gasteiger charge is -2.63. The second kappa shape index (κ2) is 16.8. The highest BCUT2D eigenvalue weighted by molar-refractivity contribution is 6.13. The van der Waals surface area contributed by atoms with Gasteiger partial charge in [0, 0.05) is 59.2 Å². The molecule has 8 rings (SSSR count). The molecule has 2 aromatic carbocycles. The van der Waals surface area contributed by atoms with Gasteiger partial charge in [-0.2, -0.15) is 0 Å². The highest BCUT2D eigenvalue weighted by atomic mass is 19.1. The maximum atomic E-state index is 17.7. The van der Waals surface area contributed by atoms with Gasteiger partial charge >= 0.3 is 0 Å². The van der Waals surface area contributed by atoms with Crippen molar-refractivity contribution in [2.24, 2.45) is 22.7 Å². The first kappa shape index (κ1) is 45.6. The van der Waals surface area contributed by atoms with Crippen LogP contribution in [0, 0.1) is 22.7 Å². The number of anilines is 1. The summed E-state index contributed by atoms with van der Waals surface area (Å²) < 4.78 is 52.7. The van der Waals surface area contributed by atoms with Crippen molar-refractivity contribution in [1.82, 2.24) is 15.5 Å². The average Bonchev–Trinajstić information content (AvgIpc) is 3.89. The monoisotopic (exact) mass is 900 g/mol. The number of hydrogen-bond acceptors (Lipinski definition) is 12. The van der Waals surface area contributed by atoms with Crippen LogP contribution in [0.1, 0.15) is 65.2 Å². The Morgan fingerprint density at radius 3 is 2.31 bits per heavy atom. The smallest absolute Gasteiger partial charge is 0.253 e. The van der Waals surface area contributed by atoms with Gasteiger partial charge in [-0.1, -0.05) is 31.2 Å². The Morgan fingerprint density at radius 2 is 1.62 bits per heavy atom. The number of Topliss-reactive ketones (excluding diaryl/α,β-unsaturated/α-hetero) is 1. The van der Waals surface area contributed by atoms with Crippen LogP contribution >= 0.6 is 0 Å². The fraction of sp³-hybridized carbons (Fsp3) is 0.468. The average molecular weight is 901 g/mol. The molecular formula is C47H50F2N4O12.